The SMILES string of the molecule is CC1CCCC(O)(CNC(=O)c2cc3c(s2)CCC3)C1. The van der Waals surface area contributed by atoms with Crippen LogP contribution in [-0.2, 0) is 12.8 Å². The molecule has 3 rings (SSSR count). The number of rotatable bonds is 3. The first-order valence-electron chi connectivity index (χ1n) is 7.68. The lowest BCUT2D eigenvalue weighted by Gasteiger charge is -2.35. The van der Waals surface area contributed by atoms with E-state index in [-0.39, 0.29) is 5.91 Å². The van der Waals surface area contributed by atoms with Gasteiger partial charge in [-0.05, 0) is 49.7 Å². The van der Waals surface area contributed by atoms with E-state index < -0.39 is 5.60 Å². The molecule has 2 aliphatic carbocycles. The Hall–Kier alpha value is -0.870. The molecule has 1 aromatic rings. The van der Waals surface area contributed by atoms with Crippen molar-refractivity contribution in [1.82, 2.24) is 5.32 Å². The van der Waals surface area contributed by atoms with Gasteiger partial charge in [0, 0.05) is 11.4 Å². The molecule has 1 saturated carbocycles. The number of fused-ring (bicyclic) bond motifs is 1. The molecule has 1 aromatic heterocycles. The van der Waals surface area contributed by atoms with Gasteiger partial charge < -0.3 is 10.4 Å². The maximum absolute atomic E-state index is 12.2. The van der Waals surface area contributed by atoms with E-state index in [4.69, 9.17) is 0 Å². The zero-order valence-corrected chi connectivity index (χ0v) is 12.9. The van der Waals surface area contributed by atoms with Gasteiger partial charge in [0.2, 0.25) is 0 Å². The summed E-state index contributed by atoms with van der Waals surface area (Å²) in [6.07, 6.45) is 7.30. The van der Waals surface area contributed by atoms with Gasteiger partial charge in [0.25, 0.3) is 5.91 Å². The van der Waals surface area contributed by atoms with E-state index >= 15 is 0 Å². The Morgan fingerprint density at radius 1 is 1.50 bits per heavy atom. The van der Waals surface area contributed by atoms with Crippen LogP contribution in [0.5, 0.6) is 0 Å². The number of hydrogen-bond acceptors (Lipinski definition) is 3. The second-order valence-electron chi connectivity index (χ2n) is 6.52. The number of hydrogen-bond donors (Lipinski definition) is 2. The summed E-state index contributed by atoms with van der Waals surface area (Å²) < 4.78 is 0. The molecule has 2 atom stereocenters. The van der Waals surface area contributed by atoms with Gasteiger partial charge in [-0.2, -0.15) is 0 Å². The Bertz CT molecular complexity index is 489. The average Bonchev–Trinajstić information content (AvgIpc) is 2.96. The molecule has 0 aliphatic heterocycles. The third kappa shape index (κ3) is 2.91. The lowest BCUT2D eigenvalue weighted by molar-refractivity contribution is -0.0109. The van der Waals surface area contributed by atoms with E-state index in [1.807, 2.05) is 6.07 Å². The smallest absolute Gasteiger partial charge is 0.261 e. The zero-order chi connectivity index (χ0) is 14.2. The molecule has 1 heterocycles. The van der Waals surface area contributed by atoms with Crippen molar-refractivity contribution in [1.29, 1.82) is 0 Å². The molecule has 0 aromatic carbocycles. The minimum absolute atomic E-state index is 0.0175. The third-order valence-corrected chi connectivity index (χ3v) is 5.85. The Labute approximate surface area is 124 Å². The molecule has 20 heavy (non-hydrogen) atoms. The summed E-state index contributed by atoms with van der Waals surface area (Å²) in [4.78, 5) is 14.4. The van der Waals surface area contributed by atoms with Crippen LogP contribution in [0.25, 0.3) is 0 Å². The first-order valence-corrected chi connectivity index (χ1v) is 8.49. The van der Waals surface area contributed by atoms with Crippen LogP contribution in [0, 0.1) is 5.92 Å². The van der Waals surface area contributed by atoms with E-state index in [9.17, 15) is 9.90 Å². The summed E-state index contributed by atoms with van der Waals surface area (Å²) in [5, 5.41) is 13.5. The maximum Gasteiger partial charge on any atom is 0.261 e. The monoisotopic (exact) mass is 293 g/mol. The molecule has 3 nitrogen and oxygen atoms in total. The van der Waals surface area contributed by atoms with E-state index in [2.05, 4.69) is 12.2 Å². The van der Waals surface area contributed by atoms with Crippen molar-refractivity contribution in [3.05, 3.63) is 21.4 Å². The molecule has 2 unspecified atom stereocenters. The van der Waals surface area contributed by atoms with Gasteiger partial charge in [-0.1, -0.05) is 19.8 Å². The topological polar surface area (TPSA) is 49.3 Å². The predicted octanol–water partition coefficient (Wildman–Crippen LogP) is 2.91. The second kappa shape index (κ2) is 5.49. The summed E-state index contributed by atoms with van der Waals surface area (Å²) in [5.74, 6) is 0.534. The lowest BCUT2D eigenvalue weighted by atomic mass is 9.79. The highest BCUT2D eigenvalue weighted by molar-refractivity contribution is 7.14. The fraction of sp³-hybridized carbons (Fsp3) is 0.688. The van der Waals surface area contributed by atoms with Crippen LogP contribution in [0.1, 0.15) is 59.1 Å². The van der Waals surface area contributed by atoms with Gasteiger partial charge in [0.05, 0.1) is 10.5 Å². The molecule has 0 saturated heterocycles. The van der Waals surface area contributed by atoms with Crippen LogP contribution < -0.4 is 5.32 Å². The first kappa shape index (κ1) is 14.1. The second-order valence-corrected chi connectivity index (χ2v) is 7.66. The summed E-state index contributed by atoms with van der Waals surface area (Å²) in [5.41, 5.74) is 0.651. The predicted molar refractivity (Wildman–Crippen MR) is 81.3 cm³/mol. The highest BCUT2D eigenvalue weighted by Crippen LogP contribution is 2.32. The Morgan fingerprint density at radius 2 is 2.35 bits per heavy atom. The molecule has 1 fully saturated rings. The Balaban J connectivity index is 1.58. The molecule has 0 radical (unpaired) electrons. The molecular weight excluding hydrogens is 270 g/mol. The minimum atomic E-state index is -0.701. The van der Waals surface area contributed by atoms with Crippen LogP contribution in [0.4, 0.5) is 0 Å². The number of aryl methyl sites for hydroxylation is 2. The number of amides is 1. The van der Waals surface area contributed by atoms with Gasteiger partial charge >= 0.3 is 0 Å². The van der Waals surface area contributed by atoms with E-state index in [1.54, 1.807) is 11.3 Å². The quantitative estimate of drug-likeness (QED) is 0.900. The fourth-order valence-corrected chi connectivity index (χ4v) is 4.74. The standard InChI is InChI=1S/C16H23NO2S/c1-11-4-3-7-16(19,9-11)10-17-15(18)14-8-12-5-2-6-13(12)20-14/h8,11,19H,2-7,9-10H2,1H3,(H,17,18). The number of aliphatic hydroxyl groups is 1. The van der Waals surface area contributed by atoms with Crippen molar-refractivity contribution in [3.8, 4) is 0 Å². The van der Waals surface area contributed by atoms with Crippen molar-refractivity contribution >= 4 is 17.2 Å². The first-order chi connectivity index (χ1) is 9.56. The van der Waals surface area contributed by atoms with Gasteiger partial charge in [-0.15, -0.1) is 11.3 Å². The molecule has 2 aliphatic rings. The van der Waals surface area contributed by atoms with Crippen molar-refractivity contribution in [3.63, 3.8) is 0 Å². The molecule has 110 valence electrons. The molecule has 0 spiro atoms. The lowest BCUT2D eigenvalue weighted by Crippen LogP contribution is -2.45. The summed E-state index contributed by atoms with van der Waals surface area (Å²) >= 11 is 1.62. The van der Waals surface area contributed by atoms with E-state index in [1.165, 1.54) is 23.3 Å². The fourth-order valence-electron chi connectivity index (χ4n) is 3.57. The van der Waals surface area contributed by atoms with Crippen LogP contribution >= 0.6 is 11.3 Å². The normalized spacial score (nSPS) is 29.2. The highest BCUT2D eigenvalue weighted by atomic mass is 32.1. The van der Waals surface area contributed by atoms with Gasteiger partial charge in [0.15, 0.2) is 0 Å². The van der Waals surface area contributed by atoms with Crippen molar-refractivity contribution < 1.29 is 9.90 Å². The Morgan fingerprint density at radius 3 is 3.10 bits per heavy atom. The molecule has 0 bridgehead atoms. The van der Waals surface area contributed by atoms with Crippen LogP contribution in [0.2, 0.25) is 0 Å². The highest BCUT2D eigenvalue weighted by Gasteiger charge is 2.33. The zero-order valence-electron chi connectivity index (χ0n) is 12.1. The van der Waals surface area contributed by atoms with Crippen molar-refractivity contribution in [2.24, 2.45) is 5.92 Å². The van der Waals surface area contributed by atoms with Gasteiger partial charge in [-0.3, -0.25) is 4.79 Å². The summed E-state index contributed by atoms with van der Waals surface area (Å²) in [7, 11) is 0. The van der Waals surface area contributed by atoms with Crippen molar-refractivity contribution in [2.45, 2.75) is 57.5 Å². The number of carbonyl (C=O) groups is 1. The van der Waals surface area contributed by atoms with E-state index in [0.29, 0.717) is 12.5 Å². The maximum atomic E-state index is 12.2. The molecule has 4 heteroatoms. The number of thiophene rings is 1. The summed E-state index contributed by atoms with van der Waals surface area (Å²) in [6.45, 7) is 2.56. The Kier molecular flexibility index (Phi) is 3.87. The summed E-state index contributed by atoms with van der Waals surface area (Å²) in [6, 6.07) is 2.04. The van der Waals surface area contributed by atoms with Gasteiger partial charge in [0.1, 0.15) is 0 Å². The molecule has 1 amide bonds. The van der Waals surface area contributed by atoms with Crippen LogP contribution in [-0.4, -0.2) is 23.2 Å². The van der Waals surface area contributed by atoms with Crippen LogP contribution in [0.15, 0.2) is 6.07 Å². The third-order valence-electron chi connectivity index (χ3n) is 4.62. The average molecular weight is 293 g/mol. The number of nitrogens with one attached hydrogen (secondary N) is 1. The number of carbonyl (C=O) groups excluding carboxylic acids is 1. The molecular formula is C16H23NO2S. The largest absolute Gasteiger partial charge is 0.388 e. The van der Waals surface area contributed by atoms with E-state index in [0.717, 1.165) is 37.0 Å². The van der Waals surface area contributed by atoms with Crippen LogP contribution in [0.3, 0.4) is 0 Å². The van der Waals surface area contributed by atoms with Gasteiger partial charge in [-0.25, -0.2) is 0 Å². The minimum Gasteiger partial charge on any atom is -0.388 e. The van der Waals surface area contributed by atoms with Crippen molar-refractivity contribution in [2.75, 3.05) is 6.54 Å². The molecule has 2 N–H and O–H groups in total.